The second kappa shape index (κ2) is 5.32. The minimum Gasteiger partial charge on any atom is -0.364 e. The molecule has 3 nitrogen and oxygen atoms in total. The third-order valence-corrected chi connectivity index (χ3v) is 10.8. The van der Waals surface area contributed by atoms with Gasteiger partial charge in [-0.2, -0.15) is 0 Å². The van der Waals surface area contributed by atoms with Gasteiger partial charge in [-0.1, -0.05) is 0 Å². The maximum Gasteiger partial charge on any atom is 0.125 e. The van der Waals surface area contributed by atoms with Crippen molar-refractivity contribution in [2.24, 2.45) is 59.2 Å². The van der Waals surface area contributed by atoms with Crippen LogP contribution in [0.15, 0.2) is 0 Å². The Hall–Kier alpha value is -0.120. The van der Waals surface area contributed by atoms with Crippen LogP contribution in [0.3, 0.4) is 0 Å². The second-order valence-electron chi connectivity index (χ2n) is 12.2. The van der Waals surface area contributed by atoms with Gasteiger partial charge in [0, 0.05) is 0 Å². The molecule has 2 aliphatic heterocycles. The fourth-order valence-corrected chi connectivity index (χ4v) is 10.5. The first-order valence-corrected chi connectivity index (χ1v) is 12.3. The standard InChI is InChI=1S/C24H34O3/c1-11-3-15-5-12(1)6-16(4-11)19(15)21-23-24(25-23)22(27-26-21)20-17-7-13-2-14(9-17)10-18(20)8-13/h11-24H,1-10H2/t11?,12?,13?,14?,15?,16?,17?,18?,19?,20?,21-,22+,23-,24+. The molecule has 0 N–H and O–H groups in total. The molecule has 3 heteroatoms. The molecule has 0 spiro atoms. The lowest BCUT2D eigenvalue weighted by Crippen LogP contribution is -2.56. The molecular formula is C24H34O3. The highest BCUT2D eigenvalue weighted by Crippen LogP contribution is 2.62. The van der Waals surface area contributed by atoms with E-state index in [0.717, 1.165) is 59.2 Å². The summed E-state index contributed by atoms with van der Waals surface area (Å²) in [5, 5.41) is 0. The fourth-order valence-electron chi connectivity index (χ4n) is 10.5. The molecule has 0 radical (unpaired) electrons. The Morgan fingerprint density at radius 1 is 0.370 bits per heavy atom. The van der Waals surface area contributed by atoms with Crippen LogP contribution in [0.25, 0.3) is 0 Å². The molecule has 27 heavy (non-hydrogen) atoms. The summed E-state index contributed by atoms with van der Waals surface area (Å²) in [6, 6.07) is 0. The van der Waals surface area contributed by atoms with Gasteiger partial charge in [0.15, 0.2) is 0 Å². The summed E-state index contributed by atoms with van der Waals surface area (Å²) in [4.78, 5) is 12.6. The largest absolute Gasteiger partial charge is 0.364 e. The number of ether oxygens (including phenoxy) is 1. The van der Waals surface area contributed by atoms with Gasteiger partial charge in [0.25, 0.3) is 0 Å². The van der Waals surface area contributed by atoms with Crippen LogP contribution in [0.2, 0.25) is 0 Å². The third kappa shape index (κ3) is 2.15. The Morgan fingerprint density at radius 2 is 0.704 bits per heavy atom. The van der Waals surface area contributed by atoms with Crippen LogP contribution < -0.4 is 0 Å². The third-order valence-electron chi connectivity index (χ3n) is 10.8. The predicted octanol–water partition coefficient (Wildman–Crippen LogP) is 4.60. The Kier molecular flexibility index (Phi) is 3.09. The Bertz CT molecular complexity index is 536. The molecule has 0 amide bonds. The minimum absolute atomic E-state index is 0.248. The van der Waals surface area contributed by atoms with Crippen molar-refractivity contribution in [3.8, 4) is 0 Å². The Labute approximate surface area is 162 Å². The minimum atomic E-state index is 0.248. The van der Waals surface area contributed by atoms with Crippen molar-refractivity contribution < 1.29 is 14.5 Å². The Morgan fingerprint density at radius 3 is 1.04 bits per heavy atom. The number of rotatable bonds is 2. The van der Waals surface area contributed by atoms with E-state index in [1.54, 1.807) is 0 Å². The van der Waals surface area contributed by atoms with Gasteiger partial charge in [-0.15, -0.1) is 0 Å². The molecule has 148 valence electrons. The van der Waals surface area contributed by atoms with E-state index in [1.165, 1.54) is 64.2 Å². The van der Waals surface area contributed by atoms with Gasteiger partial charge >= 0.3 is 0 Å². The molecule has 10 fully saturated rings. The highest BCUT2D eigenvalue weighted by Gasteiger charge is 2.65. The molecule has 10 rings (SSSR count). The first kappa shape index (κ1) is 15.7. The number of fused-ring (bicyclic) bond motifs is 1. The molecule has 4 atom stereocenters. The molecule has 8 aliphatic carbocycles. The molecule has 2 saturated heterocycles. The average molecular weight is 371 g/mol. The van der Waals surface area contributed by atoms with E-state index in [1.807, 2.05) is 0 Å². The SMILES string of the molecule is C1C2CC3CC1CC(C2)C3[C@H]1OO[C@@H](C2C3CC4CC(C3)CC2C4)[C@@H]2O[C@@H]21. The first-order valence-electron chi connectivity index (χ1n) is 12.3. The zero-order valence-electron chi connectivity index (χ0n) is 16.4. The van der Waals surface area contributed by atoms with Crippen molar-refractivity contribution in [1.29, 1.82) is 0 Å². The summed E-state index contributed by atoms with van der Waals surface area (Å²) < 4.78 is 6.37. The van der Waals surface area contributed by atoms with Crippen LogP contribution in [0.5, 0.6) is 0 Å². The summed E-state index contributed by atoms with van der Waals surface area (Å²) in [5.74, 6) is 9.19. The van der Waals surface area contributed by atoms with Crippen molar-refractivity contribution in [1.82, 2.24) is 0 Å². The van der Waals surface area contributed by atoms with Gasteiger partial charge in [0.1, 0.15) is 24.4 Å². The van der Waals surface area contributed by atoms with Crippen LogP contribution >= 0.6 is 0 Å². The highest BCUT2D eigenvalue weighted by atomic mass is 17.2. The zero-order chi connectivity index (χ0) is 17.3. The average Bonchev–Trinajstić information content (AvgIpc) is 3.42. The number of hydrogen-bond donors (Lipinski definition) is 0. The second-order valence-corrected chi connectivity index (χ2v) is 12.2. The van der Waals surface area contributed by atoms with E-state index >= 15 is 0 Å². The van der Waals surface area contributed by atoms with E-state index in [4.69, 9.17) is 14.5 Å². The van der Waals surface area contributed by atoms with Crippen molar-refractivity contribution >= 4 is 0 Å². The molecule has 10 aliphatic rings. The van der Waals surface area contributed by atoms with E-state index in [2.05, 4.69) is 0 Å². The molecule has 2 heterocycles. The van der Waals surface area contributed by atoms with E-state index in [-0.39, 0.29) is 12.2 Å². The lowest BCUT2D eigenvalue weighted by atomic mass is 9.50. The topological polar surface area (TPSA) is 31.0 Å². The van der Waals surface area contributed by atoms with Gasteiger partial charge in [0.2, 0.25) is 0 Å². The molecule has 0 unspecified atom stereocenters. The summed E-state index contributed by atoms with van der Waals surface area (Å²) >= 11 is 0. The quantitative estimate of drug-likeness (QED) is 0.526. The van der Waals surface area contributed by atoms with Gasteiger partial charge < -0.3 is 4.74 Å². The van der Waals surface area contributed by atoms with Crippen molar-refractivity contribution in [3.05, 3.63) is 0 Å². The first-order chi connectivity index (χ1) is 13.3. The summed E-state index contributed by atoms with van der Waals surface area (Å²) in [6.45, 7) is 0. The molecule has 0 aromatic heterocycles. The molecule has 0 aromatic carbocycles. The van der Waals surface area contributed by atoms with E-state index in [9.17, 15) is 0 Å². The summed E-state index contributed by atoms with van der Waals surface area (Å²) in [5.41, 5.74) is 0. The monoisotopic (exact) mass is 370 g/mol. The molecular weight excluding hydrogens is 336 g/mol. The van der Waals surface area contributed by atoms with Crippen molar-refractivity contribution in [2.45, 2.75) is 88.6 Å². The predicted molar refractivity (Wildman–Crippen MR) is 99.5 cm³/mol. The fraction of sp³-hybridized carbons (Fsp3) is 1.00. The molecule has 8 bridgehead atoms. The molecule has 0 aromatic rings. The summed E-state index contributed by atoms with van der Waals surface area (Å²) in [7, 11) is 0. The van der Waals surface area contributed by atoms with Crippen LogP contribution in [0.1, 0.15) is 64.2 Å². The molecule has 8 saturated carbocycles. The van der Waals surface area contributed by atoms with E-state index < -0.39 is 0 Å². The number of epoxide rings is 1. The van der Waals surface area contributed by atoms with Crippen LogP contribution in [0.4, 0.5) is 0 Å². The van der Waals surface area contributed by atoms with Gasteiger partial charge in [-0.05, 0) is 123 Å². The summed E-state index contributed by atoms with van der Waals surface area (Å²) in [6.07, 6.45) is 16.0. The van der Waals surface area contributed by atoms with Crippen LogP contribution in [-0.4, -0.2) is 24.4 Å². The smallest absolute Gasteiger partial charge is 0.125 e. The lowest BCUT2D eigenvalue weighted by Gasteiger charge is -2.57. The maximum atomic E-state index is 6.37. The lowest BCUT2D eigenvalue weighted by molar-refractivity contribution is -0.395. The highest BCUT2D eigenvalue weighted by molar-refractivity contribution is 5.11. The van der Waals surface area contributed by atoms with E-state index in [0.29, 0.717) is 12.2 Å². The van der Waals surface area contributed by atoms with Crippen molar-refractivity contribution in [2.75, 3.05) is 0 Å². The van der Waals surface area contributed by atoms with Gasteiger partial charge in [-0.3, -0.25) is 0 Å². The van der Waals surface area contributed by atoms with Crippen LogP contribution in [0, 0.1) is 59.2 Å². The van der Waals surface area contributed by atoms with Gasteiger partial charge in [-0.25, -0.2) is 9.78 Å². The zero-order valence-corrected chi connectivity index (χ0v) is 16.4. The number of hydrogen-bond acceptors (Lipinski definition) is 3. The van der Waals surface area contributed by atoms with Crippen LogP contribution in [-0.2, 0) is 14.5 Å². The normalized spacial score (nSPS) is 67.6. The Balaban J connectivity index is 1.02. The maximum absolute atomic E-state index is 6.37. The van der Waals surface area contributed by atoms with Crippen molar-refractivity contribution in [3.63, 3.8) is 0 Å². The van der Waals surface area contributed by atoms with Gasteiger partial charge in [0.05, 0.1) is 0 Å².